The van der Waals surface area contributed by atoms with Crippen molar-refractivity contribution in [2.24, 2.45) is 0 Å². The van der Waals surface area contributed by atoms with Gasteiger partial charge in [0.2, 0.25) is 0 Å². The van der Waals surface area contributed by atoms with Crippen LogP contribution in [0.25, 0.3) is 16.7 Å². The molecule has 1 aliphatic rings. The lowest BCUT2D eigenvalue weighted by molar-refractivity contribution is 0.347. The van der Waals surface area contributed by atoms with Gasteiger partial charge < -0.3 is 4.57 Å². The maximum atomic E-state index is 13.0. The van der Waals surface area contributed by atoms with Crippen LogP contribution in [0.1, 0.15) is 49.7 Å². The minimum absolute atomic E-state index is 0.0458. The molecule has 0 N–H and O–H groups in total. The normalized spacial score (nSPS) is 16.6. The molecule has 0 aromatic carbocycles. The highest BCUT2D eigenvalue weighted by Gasteiger charge is 2.19. The minimum Gasteiger partial charge on any atom is -0.312 e. The summed E-state index contributed by atoms with van der Waals surface area (Å²) >= 11 is 0. The standard InChI is InChI=1S/C16H19N5O/c1-10-14-13(21-16(17-10)18-11(2)19-21)8-9-20(15(14)22)12-6-4-3-5-7-12/h8-9,12H,3-7H2,1-2H3. The molecule has 6 nitrogen and oxygen atoms in total. The first-order valence-corrected chi connectivity index (χ1v) is 7.90. The Bertz CT molecular complexity index is 918. The predicted octanol–water partition coefficient (Wildman–Crippen LogP) is 2.56. The van der Waals surface area contributed by atoms with Gasteiger partial charge >= 0.3 is 0 Å². The number of aryl methyl sites for hydroxylation is 2. The Hall–Kier alpha value is -2.24. The van der Waals surface area contributed by atoms with E-state index in [1.54, 1.807) is 4.52 Å². The fourth-order valence-electron chi connectivity index (χ4n) is 3.55. The van der Waals surface area contributed by atoms with Crippen molar-refractivity contribution in [3.8, 4) is 0 Å². The number of hydrogen-bond donors (Lipinski definition) is 0. The molecular weight excluding hydrogens is 278 g/mol. The van der Waals surface area contributed by atoms with Crippen LogP contribution in [-0.4, -0.2) is 24.1 Å². The average Bonchev–Trinajstić information content (AvgIpc) is 2.88. The van der Waals surface area contributed by atoms with E-state index in [-0.39, 0.29) is 5.56 Å². The molecule has 0 saturated heterocycles. The van der Waals surface area contributed by atoms with Gasteiger partial charge in [0.15, 0.2) is 0 Å². The Morgan fingerprint density at radius 3 is 2.68 bits per heavy atom. The van der Waals surface area contributed by atoms with Crippen LogP contribution in [0.4, 0.5) is 0 Å². The molecule has 6 heteroatoms. The minimum atomic E-state index is 0.0458. The number of nitrogens with zero attached hydrogens (tertiary/aromatic N) is 5. The first kappa shape index (κ1) is 13.4. The van der Waals surface area contributed by atoms with E-state index in [0.29, 0.717) is 23.0 Å². The summed E-state index contributed by atoms with van der Waals surface area (Å²) in [5.74, 6) is 1.22. The van der Waals surface area contributed by atoms with Gasteiger partial charge in [0.25, 0.3) is 11.3 Å². The Labute approximate surface area is 127 Å². The number of aromatic nitrogens is 5. The van der Waals surface area contributed by atoms with Crippen LogP contribution in [0.2, 0.25) is 0 Å². The zero-order chi connectivity index (χ0) is 15.3. The summed E-state index contributed by atoms with van der Waals surface area (Å²) in [6.07, 6.45) is 7.77. The van der Waals surface area contributed by atoms with Gasteiger partial charge in [-0.05, 0) is 32.8 Å². The number of fused-ring (bicyclic) bond motifs is 3. The first-order chi connectivity index (χ1) is 10.6. The van der Waals surface area contributed by atoms with E-state index in [4.69, 9.17) is 0 Å². The SMILES string of the molecule is Cc1nc2nc(C)c3c(=O)n(C4CCCCC4)ccc3n2n1. The lowest BCUT2D eigenvalue weighted by Gasteiger charge is -2.24. The molecule has 1 aliphatic carbocycles. The molecule has 0 atom stereocenters. The van der Waals surface area contributed by atoms with Gasteiger partial charge in [-0.15, -0.1) is 5.10 Å². The highest BCUT2D eigenvalue weighted by Crippen LogP contribution is 2.27. The van der Waals surface area contributed by atoms with Gasteiger partial charge in [-0.3, -0.25) is 4.79 Å². The van der Waals surface area contributed by atoms with Crippen molar-refractivity contribution in [1.29, 1.82) is 0 Å². The van der Waals surface area contributed by atoms with Gasteiger partial charge in [0.1, 0.15) is 5.82 Å². The average molecular weight is 297 g/mol. The summed E-state index contributed by atoms with van der Waals surface area (Å²) in [6.45, 7) is 3.71. The van der Waals surface area contributed by atoms with Gasteiger partial charge in [0, 0.05) is 12.2 Å². The summed E-state index contributed by atoms with van der Waals surface area (Å²) in [6, 6.07) is 2.29. The van der Waals surface area contributed by atoms with E-state index in [9.17, 15) is 4.79 Å². The van der Waals surface area contributed by atoms with Crippen LogP contribution in [0.3, 0.4) is 0 Å². The fourth-order valence-corrected chi connectivity index (χ4v) is 3.55. The second kappa shape index (κ2) is 4.90. The molecule has 1 saturated carbocycles. The summed E-state index contributed by atoms with van der Waals surface area (Å²) in [5, 5.41) is 5.02. The zero-order valence-corrected chi connectivity index (χ0v) is 12.9. The summed E-state index contributed by atoms with van der Waals surface area (Å²) in [4.78, 5) is 21.7. The van der Waals surface area contributed by atoms with Crippen molar-refractivity contribution in [3.05, 3.63) is 34.1 Å². The van der Waals surface area contributed by atoms with E-state index in [2.05, 4.69) is 15.1 Å². The van der Waals surface area contributed by atoms with E-state index in [1.165, 1.54) is 19.3 Å². The quantitative estimate of drug-likeness (QED) is 0.692. The highest BCUT2D eigenvalue weighted by atomic mass is 16.1. The van der Waals surface area contributed by atoms with Crippen LogP contribution in [-0.2, 0) is 0 Å². The molecule has 4 rings (SSSR count). The highest BCUT2D eigenvalue weighted by molar-refractivity contribution is 5.81. The van der Waals surface area contributed by atoms with Crippen molar-refractivity contribution in [2.45, 2.75) is 52.0 Å². The Balaban J connectivity index is 2.00. The molecule has 0 bridgehead atoms. The van der Waals surface area contributed by atoms with Crippen LogP contribution < -0.4 is 5.56 Å². The van der Waals surface area contributed by atoms with Crippen LogP contribution in [0.15, 0.2) is 17.1 Å². The third-order valence-electron chi connectivity index (χ3n) is 4.62. The predicted molar refractivity (Wildman–Crippen MR) is 84.1 cm³/mol. The lowest BCUT2D eigenvalue weighted by atomic mass is 9.95. The molecule has 0 amide bonds. The Morgan fingerprint density at radius 2 is 1.91 bits per heavy atom. The lowest BCUT2D eigenvalue weighted by Crippen LogP contribution is -2.27. The molecule has 3 aromatic rings. The third kappa shape index (κ3) is 1.94. The van der Waals surface area contributed by atoms with Crippen molar-refractivity contribution in [3.63, 3.8) is 0 Å². The number of rotatable bonds is 1. The molecule has 1 fully saturated rings. The van der Waals surface area contributed by atoms with Crippen LogP contribution in [0.5, 0.6) is 0 Å². The van der Waals surface area contributed by atoms with E-state index < -0.39 is 0 Å². The second-order valence-electron chi connectivity index (χ2n) is 6.15. The molecule has 3 aromatic heterocycles. The molecule has 3 heterocycles. The fraction of sp³-hybridized carbons (Fsp3) is 0.500. The molecular formula is C16H19N5O. The van der Waals surface area contributed by atoms with Crippen LogP contribution in [0, 0.1) is 13.8 Å². The Kier molecular flexibility index (Phi) is 2.99. The molecule has 0 aliphatic heterocycles. The maximum absolute atomic E-state index is 13.0. The van der Waals surface area contributed by atoms with Crippen molar-refractivity contribution in [1.82, 2.24) is 24.1 Å². The summed E-state index contributed by atoms with van der Waals surface area (Å²) in [7, 11) is 0. The van der Waals surface area contributed by atoms with Crippen LogP contribution >= 0.6 is 0 Å². The van der Waals surface area contributed by atoms with Gasteiger partial charge in [0.05, 0.1) is 16.6 Å². The Morgan fingerprint density at radius 1 is 1.14 bits per heavy atom. The van der Waals surface area contributed by atoms with Gasteiger partial charge in [-0.25, -0.2) is 4.98 Å². The summed E-state index contributed by atoms with van der Waals surface area (Å²) in [5.41, 5.74) is 1.56. The van der Waals surface area contributed by atoms with Crippen molar-refractivity contribution in [2.75, 3.05) is 0 Å². The topological polar surface area (TPSA) is 65.1 Å². The third-order valence-corrected chi connectivity index (χ3v) is 4.62. The zero-order valence-electron chi connectivity index (χ0n) is 12.9. The molecule has 114 valence electrons. The second-order valence-corrected chi connectivity index (χ2v) is 6.15. The monoisotopic (exact) mass is 297 g/mol. The van der Waals surface area contributed by atoms with Gasteiger partial charge in [-0.1, -0.05) is 19.3 Å². The van der Waals surface area contributed by atoms with E-state index in [1.807, 2.05) is 30.7 Å². The first-order valence-electron chi connectivity index (χ1n) is 7.90. The number of pyridine rings is 1. The maximum Gasteiger partial charge on any atom is 0.262 e. The van der Waals surface area contributed by atoms with Crippen molar-refractivity contribution >= 4 is 16.7 Å². The van der Waals surface area contributed by atoms with E-state index in [0.717, 1.165) is 24.1 Å². The van der Waals surface area contributed by atoms with Gasteiger partial charge in [-0.2, -0.15) is 9.50 Å². The van der Waals surface area contributed by atoms with Crippen molar-refractivity contribution < 1.29 is 0 Å². The molecule has 0 spiro atoms. The smallest absolute Gasteiger partial charge is 0.262 e. The largest absolute Gasteiger partial charge is 0.312 e. The molecule has 0 radical (unpaired) electrons. The summed E-state index contributed by atoms with van der Waals surface area (Å²) < 4.78 is 3.57. The molecule has 22 heavy (non-hydrogen) atoms. The number of hydrogen-bond acceptors (Lipinski definition) is 4. The molecule has 0 unspecified atom stereocenters. The van der Waals surface area contributed by atoms with E-state index >= 15 is 0 Å².